The average molecular weight is 414 g/mol. The van der Waals surface area contributed by atoms with Crippen LogP contribution in [0.15, 0.2) is 30.3 Å². The van der Waals surface area contributed by atoms with Crippen LogP contribution in [-0.2, 0) is 4.74 Å². The van der Waals surface area contributed by atoms with Crippen molar-refractivity contribution in [2.75, 3.05) is 13.1 Å². The van der Waals surface area contributed by atoms with Gasteiger partial charge in [-0.1, -0.05) is 39.0 Å². The molecule has 1 fully saturated rings. The van der Waals surface area contributed by atoms with Crippen LogP contribution in [0.2, 0.25) is 0 Å². The lowest BCUT2D eigenvalue weighted by Crippen LogP contribution is -2.39. The largest absolute Gasteiger partial charge is 0.490 e. The van der Waals surface area contributed by atoms with Crippen LogP contribution in [-0.4, -0.2) is 35.8 Å². The van der Waals surface area contributed by atoms with Gasteiger partial charge in [-0.05, 0) is 87.5 Å². The van der Waals surface area contributed by atoms with Crippen LogP contribution in [0.25, 0.3) is 5.57 Å². The van der Waals surface area contributed by atoms with Gasteiger partial charge in [-0.15, -0.1) is 0 Å². The molecule has 0 aromatic heterocycles. The number of benzene rings is 1. The Bertz CT molecular complexity index is 744. The standard InChI is InChI=1S/C26H39NO3/c1-25(2,3)21-9-13-23(14-10-21)29-22-11-7-19(8-12-22)20-15-17-27(18-16-20)24(28)30-26(4,5)6/h7-8,11-12,15,21,23H,9-10,13-14,16-18H2,1-6H3/t21-,23-. The maximum Gasteiger partial charge on any atom is 0.410 e. The second-order valence-corrected chi connectivity index (χ2v) is 10.9. The van der Waals surface area contributed by atoms with Gasteiger partial charge in [-0.25, -0.2) is 4.79 Å². The number of carbonyl (C=O) groups excluding carboxylic acids is 1. The predicted octanol–water partition coefficient (Wildman–Crippen LogP) is 6.69. The predicted molar refractivity (Wildman–Crippen MR) is 123 cm³/mol. The number of amides is 1. The summed E-state index contributed by atoms with van der Waals surface area (Å²) in [6, 6.07) is 8.47. The van der Waals surface area contributed by atoms with Crippen molar-refractivity contribution in [3.05, 3.63) is 35.9 Å². The molecule has 0 saturated heterocycles. The summed E-state index contributed by atoms with van der Waals surface area (Å²) in [6.45, 7) is 14.0. The van der Waals surface area contributed by atoms with Gasteiger partial charge < -0.3 is 14.4 Å². The van der Waals surface area contributed by atoms with E-state index in [1.54, 1.807) is 4.90 Å². The minimum absolute atomic E-state index is 0.234. The Balaban J connectivity index is 1.51. The van der Waals surface area contributed by atoms with Crippen molar-refractivity contribution in [1.82, 2.24) is 4.90 Å². The fourth-order valence-electron chi connectivity index (χ4n) is 4.41. The molecule has 0 unspecified atom stereocenters. The van der Waals surface area contributed by atoms with E-state index >= 15 is 0 Å². The molecule has 30 heavy (non-hydrogen) atoms. The average Bonchev–Trinajstić information content (AvgIpc) is 2.67. The Morgan fingerprint density at radius 3 is 2.10 bits per heavy atom. The van der Waals surface area contributed by atoms with Crippen molar-refractivity contribution in [2.24, 2.45) is 11.3 Å². The van der Waals surface area contributed by atoms with Gasteiger partial charge in [-0.2, -0.15) is 0 Å². The smallest absolute Gasteiger partial charge is 0.410 e. The van der Waals surface area contributed by atoms with Gasteiger partial charge in [0, 0.05) is 13.1 Å². The molecule has 1 aliphatic carbocycles. The highest BCUT2D eigenvalue weighted by Crippen LogP contribution is 2.38. The summed E-state index contributed by atoms with van der Waals surface area (Å²) in [6.07, 6.45) is 7.90. The summed E-state index contributed by atoms with van der Waals surface area (Å²) in [5.41, 5.74) is 2.44. The van der Waals surface area contributed by atoms with Crippen molar-refractivity contribution in [2.45, 2.75) is 85.4 Å². The molecule has 1 saturated carbocycles. The quantitative estimate of drug-likeness (QED) is 0.554. The zero-order chi connectivity index (χ0) is 21.9. The summed E-state index contributed by atoms with van der Waals surface area (Å²) < 4.78 is 11.7. The van der Waals surface area contributed by atoms with Crippen LogP contribution < -0.4 is 4.74 Å². The van der Waals surface area contributed by atoms with Crippen LogP contribution >= 0.6 is 0 Å². The zero-order valence-electron chi connectivity index (χ0n) is 19.7. The number of hydrogen-bond acceptors (Lipinski definition) is 3. The Morgan fingerprint density at radius 1 is 0.967 bits per heavy atom. The molecule has 3 rings (SSSR count). The van der Waals surface area contributed by atoms with E-state index in [2.05, 4.69) is 51.1 Å². The molecule has 0 radical (unpaired) electrons. The van der Waals surface area contributed by atoms with Gasteiger partial charge in [0.1, 0.15) is 11.4 Å². The van der Waals surface area contributed by atoms with Gasteiger partial charge in [0.25, 0.3) is 0 Å². The minimum Gasteiger partial charge on any atom is -0.490 e. The maximum atomic E-state index is 12.2. The molecule has 1 amide bonds. The van der Waals surface area contributed by atoms with Crippen LogP contribution in [0.1, 0.15) is 79.2 Å². The van der Waals surface area contributed by atoms with E-state index < -0.39 is 5.60 Å². The molecule has 1 aromatic carbocycles. The van der Waals surface area contributed by atoms with Crippen LogP contribution in [0, 0.1) is 11.3 Å². The third kappa shape index (κ3) is 6.26. The normalized spacial score (nSPS) is 23.0. The number of hydrogen-bond donors (Lipinski definition) is 0. The van der Waals surface area contributed by atoms with E-state index in [0.29, 0.717) is 24.6 Å². The Morgan fingerprint density at radius 2 is 1.60 bits per heavy atom. The van der Waals surface area contributed by atoms with Crippen molar-refractivity contribution in [1.29, 1.82) is 0 Å². The molecule has 1 aliphatic heterocycles. The summed E-state index contributed by atoms with van der Waals surface area (Å²) in [5.74, 6) is 1.77. The van der Waals surface area contributed by atoms with E-state index in [9.17, 15) is 4.79 Å². The van der Waals surface area contributed by atoms with Crippen molar-refractivity contribution in [3.8, 4) is 5.75 Å². The van der Waals surface area contributed by atoms with Gasteiger partial charge >= 0.3 is 6.09 Å². The Kier molecular flexibility index (Phi) is 6.84. The number of nitrogens with zero attached hydrogens (tertiary/aromatic N) is 1. The topological polar surface area (TPSA) is 38.8 Å². The molecule has 0 spiro atoms. The summed E-state index contributed by atoms with van der Waals surface area (Å²) >= 11 is 0. The molecule has 4 heteroatoms. The first-order valence-corrected chi connectivity index (χ1v) is 11.5. The number of ether oxygens (including phenoxy) is 2. The SMILES string of the molecule is CC(C)(C)OC(=O)N1CC=C(c2ccc(O[C@H]3CC[C@H](C(C)(C)C)CC3)cc2)CC1. The maximum absolute atomic E-state index is 12.2. The minimum atomic E-state index is -0.455. The van der Waals surface area contributed by atoms with E-state index in [0.717, 1.165) is 30.9 Å². The molecule has 2 aliphatic rings. The van der Waals surface area contributed by atoms with Crippen molar-refractivity contribution >= 4 is 11.7 Å². The van der Waals surface area contributed by atoms with E-state index in [-0.39, 0.29) is 6.09 Å². The van der Waals surface area contributed by atoms with Gasteiger partial charge in [0.05, 0.1) is 6.10 Å². The summed E-state index contributed by atoms with van der Waals surface area (Å²) in [4.78, 5) is 14.0. The Hall–Kier alpha value is -1.97. The first kappa shape index (κ1) is 22.7. The summed E-state index contributed by atoms with van der Waals surface area (Å²) in [7, 11) is 0. The van der Waals surface area contributed by atoms with Crippen LogP contribution in [0.5, 0.6) is 5.75 Å². The highest BCUT2D eigenvalue weighted by molar-refractivity contribution is 5.72. The lowest BCUT2D eigenvalue weighted by Gasteiger charge is -2.37. The molecule has 1 heterocycles. The molecule has 1 aromatic rings. The van der Waals surface area contributed by atoms with Gasteiger partial charge in [0.2, 0.25) is 0 Å². The van der Waals surface area contributed by atoms with Gasteiger partial charge in [-0.3, -0.25) is 0 Å². The molecule has 0 atom stereocenters. The van der Waals surface area contributed by atoms with Crippen LogP contribution in [0.3, 0.4) is 0 Å². The Labute approximate surface area is 182 Å². The fraction of sp³-hybridized carbons (Fsp3) is 0.654. The third-order valence-electron chi connectivity index (χ3n) is 6.29. The van der Waals surface area contributed by atoms with Gasteiger partial charge in [0.15, 0.2) is 0 Å². The molecule has 0 N–H and O–H groups in total. The molecule has 4 nitrogen and oxygen atoms in total. The van der Waals surface area contributed by atoms with Crippen LogP contribution in [0.4, 0.5) is 4.79 Å². The fourth-order valence-corrected chi connectivity index (χ4v) is 4.41. The molecule has 166 valence electrons. The molecular formula is C26H39NO3. The van der Waals surface area contributed by atoms with E-state index in [1.165, 1.54) is 24.0 Å². The lowest BCUT2D eigenvalue weighted by atomic mass is 9.72. The highest BCUT2D eigenvalue weighted by Gasteiger charge is 2.30. The third-order valence-corrected chi connectivity index (χ3v) is 6.29. The zero-order valence-corrected chi connectivity index (χ0v) is 19.7. The highest BCUT2D eigenvalue weighted by atomic mass is 16.6. The summed E-state index contributed by atoms with van der Waals surface area (Å²) in [5, 5.41) is 0. The first-order chi connectivity index (χ1) is 14.0. The molecule has 0 bridgehead atoms. The molecular weight excluding hydrogens is 374 g/mol. The second-order valence-electron chi connectivity index (χ2n) is 10.9. The lowest BCUT2D eigenvalue weighted by molar-refractivity contribution is 0.0270. The van der Waals surface area contributed by atoms with Crippen molar-refractivity contribution in [3.63, 3.8) is 0 Å². The number of rotatable bonds is 3. The van der Waals surface area contributed by atoms with E-state index in [1.807, 2.05) is 20.8 Å². The second kappa shape index (κ2) is 9.03. The first-order valence-electron chi connectivity index (χ1n) is 11.5. The van der Waals surface area contributed by atoms with E-state index in [4.69, 9.17) is 9.47 Å². The number of carbonyl (C=O) groups is 1. The van der Waals surface area contributed by atoms with Crippen molar-refractivity contribution < 1.29 is 14.3 Å². The monoisotopic (exact) mass is 413 g/mol.